The normalized spacial score (nSPS) is 21.9. The molecule has 0 bridgehead atoms. The van der Waals surface area contributed by atoms with Gasteiger partial charge in [0, 0.05) is 12.8 Å². The quantitative estimate of drug-likeness (QED) is 0.412. The minimum atomic E-state index is 0. The summed E-state index contributed by atoms with van der Waals surface area (Å²) in [5.74, 6) is 0. The van der Waals surface area contributed by atoms with E-state index in [1.807, 2.05) is 0 Å². The molecule has 2 N–H and O–H groups in total. The number of hydrogen-bond donors (Lipinski definition) is 0. The zero-order valence-corrected chi connectivity index (χ0v) is 6.03. The fraction of sp³-hybridized carbons (Fsp3) is 1.00. The van der Waals surface area contributed by atoms with Gasteiger partial charge in [-0.25, -0.2) is 0 Å². The van der Waals surface area contributed by atoms with Crippen molar-refractivity contribution in [2.75, 3.05) is 0 Å². The second kappa shape index (κ2) is 3.69. The molecule has 0 aliphatic heterocycles. The first-order chi connectivity index (χ1) is 2.89. The Balaban J connectivity index is 0.000000360. The van der Waals surface area contributed by atoms with Crippen LogP contribution in [0.1, 0.15) is 25.7 Å². The average Bonchev–Trinajstić information content (AvgIpc) is 1.86. The Morgan fingerprint density at radius 2 is 1.57 bits per heavy atom. The van der Waals surface area contributed by atoms with E-state index in [9.17, 15) is 0 Å². The van der Waals surface area contributed by atoms with Crippen LogP contribution in [0.4, 0.5) is 0 Å². The molecule has 0 aromatic carbocycles. The van der Waals surface area contributed by atoms with Crippen molar-refractivity contribution in [2.24, 2.45) is 0 Å². The first-order valence-electron chi connectivity index (χ1n) is 2.72. The van der Waals surface area contributed by atoms with Gasteiger partial charge >= 0.3 is 21.7 Å². The summed E-state index contributed by atoms with van der Waals surface area (Å²) < 4.78 is 1.07. The van der Waals surface area contributed by atoms with Gasteiger partial charge in [0.15, 0.2) is 0 Å². The molecule has 0 saturated heterocycles. The third-order valence-corrected chi connectivity index (χ3v) is 2.29. The van der Waals surface area contributed by atoms with Gasteiger partial charge in [0.1, 0.15) is 0 Å². The minimum Gasteiger partial charge on any atom is -0.412 e. The highest BCUT2D eigenvalue weighted by Gasteiger charge is 2.43. The molecule has 1 aliphatic carbocycles. The molecule has 37 valence electrons. The van der Waals surface area contributed by atoms with Gasteiger partial charge in [-0.05, 0) is 12.8 Å². The maximum absolute atomic E-state index is 2.16. The molecule has 0 atom stereocenters. The lowest BCUT2D eigenvalue weighted by molar-refractivity contribution is 0.824. The largest absolute Gasteiger partial charge is 1.42 e. The summed E-state index contributed by atoms with van der Waals surface area (Å²) in [4.78, 5) is 0. The molecule has 1 saturated carbocycles. The fourth-order valence-electron chi connectivity index (χ4n) is 1.01. The van der Waals surface area contributed by atoms with E-state index >= 15 is 0 Å². The van der Waals surface area contributed by atoms with Crippen molar-refractivity contribution >= 4 is 21.7 Å². The molecule has 0 amide bonds. The topological polar surface area (TPSA) is 31.5 Å². The van der Waals surface area contributed by atoms with Crippen molar-refractivity contribution in [1.82, 2.24) is 0 Å². The second-order valence-electron chi connectivity index (χ2n) is 2.15. The zero-order chi connectivity index (χ0) is 4.41. The lowest BCUT2D eigenvalue weighted by Crippen LogP contribution is -1.77. The van der Waals surface area contributed by atoms with Crippen LogP contribution in [0, 0.1) is 0 Å². The Kier molecular flexibility index (Phi) is 4.08. The highest BCUT2D eigenvalue weighted by Crippen LogP contribution is 2.26. The third kappa shape index (κ3) is 2.52. The lowest BCUT2D eigenvalue weighted by atomic mass is 10.4. The Morgan fingerprint density at radius 1 is 1.14 bits per heavy atom. The molecule has 0 aromatic heterocycles. The molecule has 1 aliphatic rings. The van der Waals surface area contributed by atoms with Gasteiger partial charge in [-0.3, -0.25) is 0 Å². The van der Waals surface area contributed by atoms with Crippen molar-refractivity contribution in [3.8, 4) is 0 Å². The molecule has 7 radical (unpaired) electrons. The van der Waals surface area contributed by atoms with Crippen LogP contribution in [0.25, 0.3) is 0 Å². The summed E-state index contributed by atoms with van der Waals surface area (Å²) in [5, 5.41) is 0. The zero-order valence-electron chi connectivity index (χ0n) is 4.61. The highest BCUT2D eigenvalue weighted by atomic mass is 24.4. The van der Waals surface area contributed by atoms with E-state index in [4.69, 9.17) is 0 Å². The van der Waals surface area contributed by atoms with Gasteiger partial charge < -0.3 is 5.48 Å². The van der Waals surface area contributed by atoms with Gasteiger partial charge in [-0.2, -0.15) is 0 Å². The smallest absolute Gasteiger partial charge is 0.412 e. The van der Waals surface area contributed by atoms with Crippen molar-refractivity contribution in [2.45, 2.75) is 29.7 Å². The molecule has 1 fully saturated rings. The second-order valence-corrected chi connectivity index (χ2v) is 3.31. The molecule has 7 heavy (non-hydrogen) atoms. The van der Waals surface area contributed by atoms with Crippen LogP contribution in [0.5, 0.6) is 0 Å². The van der Waals surface area contributed by atoms with Crippen LogP contribution in [-0.2, 0) is 0 Å². The van der Waals surface area contributed by atoms with Crippen molar-refractivity contribution in [1.29, 1.82) is 0 Å². The first kappa shape index (κ1) is 7.73. The van der Waals surface area contributed by atoms with Crippen molar-refractivity contribution in [3.63, 3.8) is 0 Å². The van der Waals surface area contributed by atoms with E-state index in [1.54, 1.807) is 0 Å². The maximum Gasteiger partial charge on any atom is 1.42 e. The Bertz CT molecular complexity index is 41.3. The summed E-state index contributed by atoms with van der Waals surface area (Å²) in [6.07, 6.45) is 5.99. The molecule has 0 heterocycles. The maximum atomic E-state index is 2.16. The predicted octanol–water partition coefficient (Wildman–Crippen LogP) is 0.693. The summed E-state index contributed by atoms with van der Waals surface area (Å²) in [5.41, 5.74) is 0. The molecular formula is C5H11MgO+2. The number of hydrogen-bond acceptors (Lipinski definition) is 0. The van der Waals surface area contributed by atoms with Crippen LogP contribution in [0.3, 0.4) is 0 Å². The molecule has 0 unspecified atom stereocenters. The van der Waals surface area contributed by atoms with E-state index < -0.39 is 0 Å². The van der Waals surface area contributed by atoms with Gasteiger partial charge in [0.05, 0.1) is 0 Å². The van der Waals surface area contributed by atoms with Gasteiger partial charge in [-0.15, -0.1) is 0 Å². The molecule has 2 heteroatoms. The van der Waals surface area contributed by atoms with Gasteiger partial charge in [-0.1, -0.05) is 0 Å². The lowest BCUT2D eigenvalue weighted by Gasteiger charge is -1.65. The summed E-state index contributed by atoms with van der Waals surface area (Å²) in [7, 11) is 0. The molecule has 0 aromatic rings. The van der Waals surface area contributed by atoms with E-state index in [0.29, 0.717) is 0 Å². The van der Waals surface area contributed by atoms with E-state index in [1.165, 1.54) is 25.7 Å². The Labute approximate surface area is 57.2 Å². The van der Waals surface area contributed by atoms with Crippen molar-refractivity contribution in [3.05, 3.63) is 0 Å². The number of rotatable bonds is 0. The van der Waals surface area contributed by atoms with Gasteiger partial charge in [0.25, 0.3) is 4.05 Å². The van der Waals surface area contributed by atoms with E-state index in [2.05, 4.69) is 21.7 Å². The Hall–Kier alpha value is 0.726. The van der Waals surface area contributed by atoms with Crippen LogP contribution in [0.15, 0.2) is 0 Å². The fourth-order valence-corrected chi connectivity index (χ4v) is 1.59. The average molecular weight is 111 g/mol. The van der Waals surface area contributed by atoms with E-state index in [-0.39, 0.29) is 5.48 Å². The SMILES string of the molecule is O.[Mg+2][CH]1CCCC1. The highest BCUT2D eigenvalue weighted by molar-refractivity contribution is 6.11. The first-order valence-corrected chi connectivity index (χ1v) is 3.54. The van der Waals surface area contributed by atoms with Crippen LogP contribution in [0.2, 0.25) is 4.05 Å². The van der Waals surface area contributed by atoms with Crippen molar-refractivity contribution < 1.29 is 5.48 Å². The molecular weight excluding hydrogens is 100 g/mol. The summed E-state index contributed by atoms with van der Waals surface area (Å²) in [6.45, 7) is 0. The Morgan fingerprint density at radius 3 is 1.71 bits per heavy atom. The standard InChI is InChI=1S/C5H9.Mg.H2O/c1-2-4-5-3-1;;/h1H,2-5H2;;1H2/q;+2;. The molecule has 1 nitrogen and oxygen atoms in total. The minimum absolute atomic E-state index is 0. The summed E-state index contributed by atoms with van der Waals surface area (Å²) in [6, 6.07) is 0. The van der Waals surface area contributed by atoms with E-state index in [0.717, 1.165) is 4.05 Å². The summed E-state index contributed by atoms with van der Waals surface area (Å²) >= 11 is 2.16. The molecule has 1 rings (SSSR count). The van der Waals surface area contributed by atoms with Crippen LogP contribution in [-0.4, -0.2) is 27.2 Å². The van der Waals surface area contributed by atoms with Crippen LogP contribution < -0.4 is 0 Å². The van der Waals surface area contributed by atoms with Gasteiger partial charge in [0.2, 0.25) is 0 Å². The third-order valence-electron chi connectivity index (χ3n) is 1.47. The molecule has 0 spiro atoms. The monoisotopic (exact) mass is 111 g/mol. The predicted molar refractivity (Wildman–Crippen MR) is 31.6 cm³/mol. The van der Waals surface area contributed by atoms with Crippen LogP contribution >= 0.6 is 0 Å².